The maximum atomic E-state index is 5.90. The molecule has 16 heavy (non-hydrogen) atoms. The van der Waals surface area contributed by atoms with Crippen LogP contribution in [0.4, 0.5) is 5.69 Å². The van der Waals surface area contributed by atoms with E-state index in [4.69, 9.17) is 5.73 Å². The number of nitrogens with two attached hydrogens (primary N) is 1. The van der Waals surface area contributed by atoms with Crippen molar-refractivity contribution >= 4 is 21.6 Å². The third-order valence-corrected chi connectivity index (χ3v) is 4.42. The number of nitrogens with zero attached hydrogens (tertiary/aromatic N) is 1. The molecular formula is C13H19BrN2. The highest BCUT2D eigenvalue weighted by atomic mass is 79.9. The lowest BCUT2D eigenvalue weighted by Crippen LogP contribution is -2.28. The van der Waals surface area contributed by atoms with E-state index < -0.39 is 0 Å². The zero-order chi connectivity index (χ0) is 11.5. The van der Waals surface area contributed by atoms with Crippen LogP contribution in [0.3, 0.4) is 0 Å². The van der Waals surface area contributed by atoms with E-state index >= 15 is 0 Å². The van der Waals surface area contributed by atoms with E-state index in [2.05, 4.69) is 33.8 Å². The summed E-state index contributed by atoms with van der Waals surface area (Å²) in [6.07, 6.45) is 3.93. The van der Waals surface area contributed by atoms with Crippen LogP contribution in [0.1, 0.15) is 31.7 Å². The Morgan fingerprint density at radius 2 is 2.31 bits per heavy atom. The van der Waals surface area contributed by atoms with E-state index in [0.29, 0.717) is 0 Å². The van der Waals surface area contributed by atoms with Gasteiger partial charge < -0.3 is 5.73 Å². The number of hydrogen-bond acceptors (Lipinski definition) is 2. The van der Waals surface area contributed by atoms with Crippen molar-refractivity contribution in [2.45, 2.75) is 38.8 Å². The zero-order valence-corrected chi connectivity index (χ0v) is 11.3. The second-order valence-corrected chi connectivity index (χ2v) is 5.29. The number of halogens is 1. The fourth-order valence-corrected chi connectivity index (χ4v) is 2.90. The van der Waals surface area contributed by atoms with Crippen molar-refractivity contribution in [1.29, 1.82) is 0 Å². The highest BCUT2D eigenvalue weighted by Crippen LogP contribution is 2.28. The van der Waals surface area contributed by atoms with Crippen LogP contribution in [0.5, 0.6) is 0 Å². The van der Waals surface area contributed by atoms with Crippen LogP contribution >= 0.6 is 15.9 Å². The number of likely N-dealkylation sites (tertiary alicyclic amines) is 1. The highest BCUT2D eigenvalue weighted by molar-refractivity contribution is 9.10. The van der Waals surface area contributed by atoms with Crippen molar-refractivity contribution in [2.24, 2.45) is 0 Å². The fraction of sp³-hybridized carbons (Fsp3) is 0.538. The quantitative estimate of drug-likeness (QED) is 0.861. The summed E-state index contributed by atoms with van der Waals surface area (Å²) in [6.45, 7) is 4.52. The first-order valence-electron chi connectivity index (χ1n) is 5.99. The Morgan fingerprint density at radius 1 is 1.50 bits per heavy atom. The first kappa shape index (κ1) is 11.9. The van der Waals surface area contributed by atoms with Crippen LogP contribution in [-0.4, -0.2) is 17.5 Å². The second kappa shape index (κ2) is 5.19. The van der Waals surface area contributed by atoms with E-state index in [1.165, 1.54) is 31.4 Å². The van der Waals surface area contributed by atoms with Gasteiger partial charge in [-0.05, 0) is 53.4 Å². The van der Waals surface area contributed by atoms with Gasteiger partial charge in [0.1, 0.15) is 0 Å². The molecule has 1 unspecified atom stereocenters. The first-order chi connectivity index (χ1) is 7.72. The Morgan fingerprint density at radius 3 is 3.06 bits per heavy atom. The van der Waals surface area contributed by atoms with Gasteiger partial charge in [0.05, 0.1) is 0 Å². The third kappa shape index (κ3) is 2.41. The molecule has 88 valence electrons. The van der Waals surface area contributed by atoms with Gasteiger partial charge >= 0.3 is 0 Å². The molecule has 0 saturated carbocycles. The summed E-state index contributed by atoms with van der Waals surface area (Å²) in [7, 11) is 0. The Labute approximate surface area is 106 Å². The summed E-state index contributed by atoms with van der Waals surface area (Å²) in [5.41, 5.74) is 8.04. The molecule has 0 spiro atoms. The number of nitrogen functional groups attached to an aromatic ring is 1. The monoisotopic (exact) mass is 282 g/mol. The molecule has 0 aromatic heterocycles. The van der Waals surface area contributed by atoms with Gasteiger partial charge in [-0.1, -0.05) is 19.1 Å². The van der Waals surface area contributed by atoms with Crippen LogP contribution < -0.4 is 5.73 Å². The SMILES string of the molecule is CCC1CCCN1Cc1cccc(N)c1Br. The van der Waals surface area contributed by atoms with Gasteiger partial charge in [0.2, 0.25) is 0 Å². The normalized spacial score (nSPS) is 21.5. The van der Waals surface area contributed by atoms with E-state index in [-0.39, 0.29) is 0 Å². The number of anilines is 1. The van der Waals surface area contributed by atoms with Gasteiger partial charge in [-0.15, -0.1) is 0 Å². The molecule has 3 heteroatoms. The molecule has 1 aromatic rings. The van der Waals surface area contributed by atoms with Crippen LogP contribution in [0.15, 0.2) is 22.7 Å². The van der Waals surface area contributed by atoms with Crippen molar-refractivity contribution in [2.75, 3.05) is 12.3 Å². The van der Waals surface area contributed by atoms with E-state index in [0.717, 1.165) is 22.7 Å². The van der Waals surface area contributed by atoms with Crippen molar-refractivity contribution in [3.63, 3.8) is 0 Å². The molecule has 0 amide bonds. The molecular weight excluding hydrogens is 264 g/mol. The predicted octanol–water partition coefficient (Wildman–Crippen LogP) is 3.41. The van der Waals surface area contributed by atoms with E-state index in [9.17, 15) is 0 Å². The van der Waals surface area contributed by atoms with Crippen molar-refractivity contribution in [3.05, 3.63) is 28.2 Å². The lowest BCUT2D eigenvalue weighted by molar-refractivity contribution is 0.239. The van der Waals surface area contributed by atoms with Crippen LogP contribution in [0.25, 0.3) is 0 Å². The van der Waals surface area contributed by atoms with Gasteiger partial charge in [-0.25, -0.2) is 0 Å². The molecule has 0 aliphatic carbocycles. The van der Waals surface area contributed by atoms with Gasteiger partial charge in [-0.3, -0.25) is 4.90 Å². The molecule has 1 aromatic carbocycles. The molecule has 1 heterocycles. The molecule has 0 bridgehead atoms. The minimum Gasteiger partial charge on any atom is -0.398 e. The molecule has 2 nitrogen and oxygen atoms in total. The summed E-state index contributed by atoms with van der Waals surface area (Å²) < 4.78 is 1.07. The van der Waals surface area contributed by atoms with Crippen molar-refractivity contribution in [1.82, 2.24) is 4.90 Å². The molecule has 1 aliphatic rings. The summed E-state index contributed by atoms with van der Waals surface area (Å²) in [4.78, 5) is 2.57. The Kier molecular flexibility index (Phi) is 3.87. The number of rotatable bonds is 3. The van der Waals surface area contributed by atoms with Gasteiger partial charge in [0.15, 0.2) is 0 Å². The Balaban J connectivity index is 2.11. The fourth-order valence-electron chi connectivity index (χ4n) is 2.51. The average molecular weight is 283 g/mol. The Hall–Kier alpha value is -0.540. The smallest absolute Gasteiger partial charge is 0.0461 e. The first-order valence-corrected chi connectivity index (χ1v) is 6.78. The topological polar surface area (TPSA) is 29.3 Å². The third-order valence-electron chi connectivity index (χ3n) is 3.45. The molecule has 2 rings (SSSR count). The zero-order valence-electron chi connectivity index (χ0n) is 9.75. The maximum Gasteiger partial charge on any atom is 0.0461 e. The minimum atomic E-state index is 0.758. The summed E-state index contributed by atoms with van der Waals surface area (Å²) in [6, 6.07) is 6.89. The predicted molar refractivity (Wildman–Crippen MR) is 72.3 cm³/mol. The standard InChI is InChI=1S/C13H19BrN2/c1-2-11-6-4-8-16(11)9-10-5-3-7-12(15)13(10)14/h3,5,7,11H,2,4,6,8-9,15H2,1H3. The van der Waals surface area contributed by atoms with Crippen LogP contribution in [0.2, 0.25) is 0 Å². The van der Waals surface area contributed by atoms with Gasteiger partial charge in [0.25, 0.3) is 0 Å². The molecule has 1 saturated heterocycles. The molecule has 1 aliphatic heterocycles. The molecule has 1 atom stereocenters. The number of hydrogen-bond donors (Lipinski definition) is 1. The molecule has 1 fully saturated rings. The Bertz CT molecular complexity index is 365. The second-order valence-electron chi connectivity index (χ2n) is 4.50. The van der Waals surface area contributed by atoms with Crippen molar-refractivity contribution < 1.29 is 0 Å². The summed E-state index contributed by atoms with van der Waals surface area (Å²) in [5, 5.41) is 0. The lowest BCUT2D eigenvalue weighted by Gasteiger charge is -2.24. The largest absolute Gasteiger partial charge is 0.398 e. The average Bonchev–Trinajstić information content (AvgIpc) is 2.72. The highest BCUT2D eigenvalue weighted by Gasteiger charge is 2.23. The minimum absolute atomic E-state index is 0.758. The maximum absolute atomic E-state index is 5.90. The van der Waals surface area contributed by atoms with Gasteiger partial charge in [0, 0.05) is 22.7 Å². The summed E-state index contributed by atoms with van der Waals surface area (Å²) in [5.74, 6) is 0. The van der Waals surface area contributed by atoms with Crippen LogP contribution in [-0.2, 0) is 6.54 Å². The van der Waals surface area contributed by atoms with Crippen molar-refractivity contribution in [3.8, 4) is 0 Å². The van der Waals surface area contributed by atoms with E-state index in [1.807, 2.05) is 12.1 Å². The lowest BCUT2D eigenvalue weighted by atomic mass is 10.1. The van der Waals surface area contributed by atoms with E-state index in [1.54, 1.807) is 0 Å². The van der Waals surface area contributed by atoms with Crippen LogP contribution in [0, 0.1) is 0 Å². The molecule has 2 N–H and O–H groups in total. The molecule has 0 radical (unpaired) electrons. The van der Waals surface area contributed by atoms with Gasteiger partial charge in [-0.2, -0.15) is 0 Å². The summed E-state index contributed by atoms with van der Waals surface area (Å²) >= 11 is 3.58. The number of benzene rings is 1.